The lowest BCUT2D eigenvalue weighted by atomic mass is 9.95. The second-order valence-corrected chi connectivity index (χ2v) is 7.84. The van der Waals surface area contributed by atoms with Crippen LogP contribution < -0.4 is 10.7 Å². The predicted molar refractivity (Wildman–Crippen MR) is 112 cm³/mol. The topological polar surface area (TPSA) is 96.9 Å². The smallest absolute Gasteiger partial charge is 0.341 e. The molecule has 0 aliphatic heterocycles. The fraction of sp³-hybridized carbons (Fsp3) is 0.333. The number of hydrazone groups is 1. The van der Waals surface area contributed by atoms with Gasteiger partial charge in [-0.3, -0.25) is 9.59 Å². The first-order chi connectivity index (χ1) is 14.4. The maximum absolute atomic E-state index is 13.0. The van der Waals surface area contributed by atoms with Crippen LogP contribution in [0.2, 0.25) is 0 Å². The Labute approximate surface area is 177 Å². The molecule has 0 bridgehead atoms. The van der Waals surface area contributed by atoms with Gasteiger partial charge in [0.25, 0.3) is 0 Å². The minimum Gasteiger partial charge on any atom is -0.462 e. The van der Waals surface area contributed by atoms with E-state index >= 15 is 0 Å². The molecule has 158 valence electrons. The number of carbonyl (C=O) groups excluding carboxylic acids is 3. The van der Waals surface area contributed by atoms with E-state index in [9.17, 15) is 18.8 Å². The van der Waals surface area contributed by atoms with Gasteiger partial charge in [-0.1, -0.05) is 12.1 Å². The molecule has 0 fully saturated rings. The van der Waals surface area contributed by atoms with Crippen LogP contribution in [0.3, 0.4) is 0 Å². The molecule has 1 aromatic heterocycles. The van der Waals surface area contributed by atoms with E-state index in [0.29, 0.717) is 21.8 Å². The lowest BCUT2D eigenvalue weighted by molar-refractivity contribution is -0.136. The Hall–Kier alpha value is -3.07. The maximum atomic E-state index is 13.0. The molecule has 2 amide bonds. The fourth-order valence-corrected chi connectivity index (χ4v) is 4.45. The average molecular weight is 431 g/mol. The predicted octanol–water partition coefficient (Wildman–Crippen LogP) is 3.42. The van der Waals surface area contributed by atoms with Crippen LogP contribution in [-0.2, 0) is 27.2 Å². The number of benzene rings is 1. The van der Waals surface area contributed by atoms with Crippen molar-refractivity contribution in [3.05, 3.63) is 51.7 Å². The van der Waals surface area contributed by atoms with Crippen LogP contribution in [0.1, 0.15) is 53.1 Å². The van der Waals surface area contributed by atoms with Gasteiger partial charge in [-0.15, -0.1) is 11.3 Å². The molecular weight excluding hydrogens is 409 g/mol. The van der Waals surface area contributed by atoms with Crippen molar-refractivity contribution < 1.29 is 23.5 Å². The minimum atomic E-state index is -0.974. The van der Waals surface area contributed by atoms with Gasteiger partial charge in [0, 0.05) is 4.88 Å². The van der Waals surface area contributed by atoms with Crippen molar-refractivity contribution in [2.24, 2.45) is 5.10 Å². The van der Waals surface area contributed by atoms with E-state index in [4.69, 9.17) is 4.74 Å². The van der Waals surface area contributed by atoms with Gasteiger partial charge in [-0.05, 0) is 62.8 Å². The van der Waals surface area contributed by atoms with Gasteiger partial charge in [0.15, 0.2) is 0 Å². The third-order valence-electron chi connectivity index (χ3n) is 4.67. The van der Waals surface area contributed by atoms with Crippen molar-refractivity contribution in [1.29, 1.82) is 0 Å². The van der Waals surface area contributed by atoms with Crippen LogP contribution in [0.25, 0.3) is 0 Å². The molecule has 0 spiro atoms. The van der Waals surface area contributed by atoms with Crippen molar-refractivity contribution in [2.45, 2.75) is 39.5 Å². The molecule has 1 aliphatic carbocycles. The highest BCUT2D eigenvalue weighted by atomic mass is 32.1. The zero-order valence-electron chi connectivity index (χ0n) is 16.7. The molecule has 1 aliphatic rings. The Balaban J connectivity index is 1.72. The lowest BCUT2D eigenvalue weighted by Gasteiger charge is -2.12. The van der Waals surface area contributed by atoms with E-state index in [-0.39, 0.29) is 12.4 Å². The number of esters is 1. The first kappa shape index (κ1) is 21.6. The number of anilines is 1. The quantitative estimate of drug-likeness (QED) is 0.328. The van der Waals surface area contributed by atoms with E-state index in [1.807, 2.05) is 0 Å². The van der Waals surface area contributed by atoms with E-state index < -0.39 is 17.8 Å². The molecule has 0 atom stereocenters. The van der Waals surface area contributed by atoms with Gasteiger partial charge in [0.1, 0.15) is 10.8 Å². The fourth-order valence-electron chi connectivity index (χ4n) is 3.17. The number of nitrogens with one attached hydrogen (secondary N) is 2. The molecule has 0 saturated heterocycles. The number of halogens is 1. The summed E-state index contributed by atoms with van der Waals surface area (Å²) in [6.07, 6.45) is 3.54. The van der Waals surface area contributed by atoms with Crippen LogP contribution in [0.4, 0.5) is 9.39 Å². The highest BCUT2D eigenvalue weighted by Crippen LogP contribution is 2.38. The molecule has 30 heavy (non-hydrogen) atoms. The summed E-state index contributed by atoms with van der Waals surface area (Å²) in [6.45, 7) is 3.55. The van der Waals surface area contributed by atoms with E-state index in [1.54, 1.807) is 13.8 Å². The third-order valence-corrected chi connectivity index (χ3v) is 5.88. The Morgan fingerprint density at radius 3 is 2.53 bits per heavy atom. The molecule has 1 heterocycles. The monoisotopic (exact) mass is 431 g/mol. The highest BCUT2D eigenvalue weighted by molar-refractivity contribution is 7.17. The van der Waals surface area contributed by atoms with Gasteiger partial charge >= 0.3 is 17.8 Å². The molecule has 0 radical (unpaired) electrons. The number of aryl methyl sites for hydroxylation is 1. The van der Waals surface area contributed by atoms with E-state index in [0.717, 1.165) is 36.1 Å². The molecule has 2 N–H and O–H groups in total. The van der Waals surface area contributed by atoms with Gasteiger partial charge < -0.3 is 10.1 Å². The molecule has 2 aromatic rings. The molecule has 1 aromatic carbocycles. The molecule has 9 heteroatoms. The second kappa shape index (κ2) is 9.62. The average Bonchev–Trinajstić information content (AvgIpc) is 3.10. The summed E-state index contributed by atoms with van der Waals surface area (Å²) in [5.41, 5.74) is 4.43. The van der Waals surface area contributed by atoms with Gasteiger partial charge in [0.05, 0.1) is 17.9 Å². The van der Waals surface area contributed by atoms with Gasteiger partial charge in [0.2, 0.25) is 0 Å². The van der Waals surface area contributed by atoms with Crippen LogP contribution in [-0.4, -0.2) is 30.1 Å². The Morgan fingerprint density at radius 1 is 1.13 bits per heavy atom. The summed E-state index contributed by atoms with van der Waals surface area (Å²) < 4.78 is 18.1. The molecule has 7 nitrogen and oxygen atoms in total. The molecule has 0 saturated carbocycles. The zero-order chi connectivity index (χ0) is 21.7. The van der Waals surface area contributed by atoms with Crippen molar-refractivity contribution in [2.75, 3.05) is 11.9 Å². The summed E-state index contributed by atoms with van der Waals surface area (Å²) in [5.74, 6) is -2.80. The minimum absolute atomic E-state index is 0.217. The number of hydrogen-bond donors (Lipinski definition) is 2. The number of thiophene rings is 1. The third kappa shape index (κ3) is 4.91. The number of nitrogens with zero attached hydrogens (tertiary/aromatic N) is 1. The van der Waals surface area contributed by atoms with Gasteiger partial charge in [-0.2, -0.15) is 5.10 Å². The van der Waals surface area contributed by atoms with Crippen molar-refractivity contribution >= 4 is 39.8 Å². The number of fused-ring (bicyclic) bond motifs is 1. The van der Waals surface area contributed by atoms with E-state index in [1.165, 1.54) is 35.6 Å². The summed E-state index contributed by atoms with van der Waals surface area (Å²) >= 11 is 1.30. The van der Waals surface area contributed by atoms with Crippen molar-refractivity contribution in [3.63, 3.8) is 0 Å². The normalized spacial score (nSPS) is 13.4. The Morgan fingerprint density at radius 2 is 1.83 bits per heavy atom. The number of ether oxygens (including phenoxy) is 1. The van der Waals surface area contributed by atoms with Crippen molar-refractivity contribution in [1.82, 2.24) is 5.43 Å². The first-order valence-electron chi connectivity index (χ1n) is 9.64. The Bertz CT molecular complexity index is 998. The summed E-state index contributed by atoms with van der Waals surface area (Å²) in [5, 5.41) is 6.73. The van der Waals surface area contributed by atoms with E-state index in [2.05, 4.69) is 15.8 Å². The number of amides is 2. The second-order valence-electron chi connectivity index (χ2n) is 6.73. The van der Waals surface area contributed by atoms with Crippen molar-refractivity contribution in [3.8, 4) is 0 Å². The molecule has 0 unspecified atom stereocenters. The highest BCUT2D eigenvalue weighted by Gasteiger charge is 2.28. The van der Waals surface area contributed by atoms with Gasteiger partial charge in [-0.25, -0.2) is 14.6 Å². The zero-order valence-corrected chi connectivity index (χ0v) is 17.5. The molecule has 3 rings (SSSR count). The molecular formula is C21H22FN3O4S. The summed E-state index contributed by atoms with van der Waals surface area (Å²) in [6, 6.07) is 5.58. The maximum Gasteiger partial charge on any atom is 0.341 e. The van der Waals surface area contributed by atoms with Crippen LogP contribution in [0.15, 0.2) is 29.4 Å². The standard InChI is InChI=1S/C21H22FN3O4S/c1-3-29-21(28)17-15-6-4-5-7-16(15)30-20(17)23-18(26)19(27)25-24-12(2)13-8-10-14(22)11-9-13/h8-11H,3-7H2,1-2H3,(H,23,26)(H,25,27)/b24-12-. The van der Waals surface area contributed by atoms with Crippen LogP contribution in [0, 0.1) is 5.82 Å². The number of carbonyl (C=O) groups is 3. The largest absolute Gasteiger partial charge is 0.462 e. The summed E-state index contributed by atoms with van der Waals surface area (Å²) in [4.78, 5) is 38.0. The number of hydrogen-bond acceptors (Lipinski definition) is 6. The summed E-state index contributed by atoms with van der Waals surface area (Å²) in [7, 11) is 0. The lowest BCUT2D eigenvalue weighted by Crippen LogP contribution is -2.33. The number of rotatable bonds is 5. The SMILES string of the molecule is CCOC(=O)c1c(NC(=O)C(=O)N/N=C(/C)c2ccc(F)cc2)sc2c1CCCC2. The first-order valence-corrected chi connectivity index (χ1v) is 10.5. The van der Waals surface area contributed by atoms with Crippen LogP contribution in [0.5, 0.6) is 0 Å². The van der Waals surface area contributed by atoms with Crippen LogP contribution >= 0.6 is 11.3 Å². The Kier molecular flexibility index (Phi) is 6.94.